The van der Waals surface area contributed by atoms with Gasteiger partial charge in [-0.3, -0.25) is 4.79 Å². The normalized spacial score (nSPS) is 11.3. The number of hydrogen-bond acceptors (Lipinski definition) is 5. The number of rotatable bonds is 7. The van der Waals surface area contributed by atoms with Crippen LogP contribution in [-0.2, 0) is 14.8 Å². The van der Waals surface area contributed by atoms with E-state index >= 15 is 0 Å². The maximum Gasteiger partial charge on any atom is 0.371 e. The summed E-state index contributed by atoms with van der Waals surface area (Å²) < 4.78 is 30.0. The molecule has 0 saturated heterocycles. The molecule has 0 atom stereocenters. The standard InChI is InChI=1S/C9H12N2O6S/c10-7(12)2-1-5-11-18(15,16)8-4-3-6(17-8)9(13)14/h3-4,11H,1-2,5H2,(H2,10,12)(H,13,14). The number of sulfonamides is 1. The van der Waals surface area contributed by atoms with E-state index in [9.17, 15) is 18.0 Å². The van der Waals surface area contributed by atoms with Crippen molar-refractivity contribution in [3.63, 3.8) is 0 Å². The van der Waals surface area contributed by atoms with Gasteiger partial charge in [-0.2, -0.15) is 0 Å². The van der Waals surface area contributed by atoms with Crippen LogP contribution >= 0.6 is 0 Å². The second-order valence-corrected chi connectivity index (χ2v) is 5.09. The molecule has 0 saturated carbocycles. The van der Waals surface area contributed by atoms with Crippen LogP contribution in [0.25, 0.3) is 0 Å². The van der Waals surface area contributed by atoms with E-state index in [1.807, 2.05) is 0 Å². The van der Waals surface area contributed by atoms with Crippen molar-refractivity contribution in [2.24, 2.45) is 5.73 Å². The lowest BCUT2D eigenvalue weighted by atomic mass is 10.3. The fourth-order valence-corrected chi connectivity index (χ4v) is 2.12. The molecule has 1 aromatic rings. The van der Waals surface area contributed by atoms with Crippen LogP contribution in [0.15, 0.2) is 21.6 Å². The van der Waals surface area contributed by atoms with Crippen molar-refractivity contribution in [3.8, 4) is 0 Å². The van der Waals surface area contributed by atoms with Gasteiger partial charge in [0.15, 0.2) is 0 Å². The molecule has 8 nitrogen and oxygen atoms in total. The summed E-state index contributed by atoms with van der Waals surface area (Å²) in [4.78, 5) is 20.9. The van der Waals surface area contributed by atoms with Crippen LogP contribution in [0.2, 0.25) is 0 Å². The predicted octanol–water partition coefficient (Wildman–Crippen LogP) is -0.478. The van der Waals surface area contributed by atoms with Gasteiger partial charge in [0.25, 0.3) is 10.0 Å². The van der Waals surface area contributed by atoms with Crippen LogP contribution in [0, 0.1) is 0 Å². The number of nitrogens with one attached hydrogen (secondary N) is 1. The summed E-state index contributed by atoms with van der Waals surface area (Å²) in [7, 11) is -3.90. The Morgan fingerprint density at radius 1 is 1.39 bits per heavy atom. The Morgan fingerprint density at radius 3 is 2.56 bits per heavy atom. The van der Waals surface area contributed by atoms with Crippen LogP contribution in [0.4, 0.5) is 0 Å². The maximum absolute atomic E-state index is 11.6. The number of nitrogens with two attached hydrogens (primary N) is 1. The number of primary amides is 1. The molecule has 0 aliphatic heterocycles. The Labute approximate surface area is 103 Å². The second kappa shape index (κ2) is 5.65. The van der Waals surface area contributed by atoms with Gasteiger partial charge in [0, 0.05) is 13.0 Å². The molecule has 1 aromatic heterocycles. The highest BCUT2D eigenvalue weighted by Gasteiger charge is 2.20. The van der Waals surface area contributed by atoms with E-state index in [0.717, 1.165) is 12.1 Å². The monoisotopic (exact) mass is 276 g/mol. The van der Waals surface area contributed by atoms with Crippen LogP contribution in [0.5, 0.6) is 0 Å². The third kappa shape index (κ3) is 3.86. The highest BCUT2D eigenvalue weighted by molar-refractivity contribution is 7.89. The molecule has 0 spiro atoms. The zero-order chi connectivity index (χ0) is 13.8. The van der Waals surface area contributed by atoms with Crippen LogP contribution in [-0.4, -0.2) is 31.9 Å². The van der Waals surface area contributed by atoms with Crippen molar-refractivity contribution in [2.45, 2.75) is 17.9 Å². The fourth-order valence-electron chi connectivity index (χ4n) is 1.12. The van der Waals surface area contributed by atoms with Crippen molar-refractivity contribution >= 4 is 21.9 Å². The largest absolute Gasteiger partial charge is 0.475 e. The number of carbonyl (C=O) groups is 2. The first-order valence-corrected chi connectivity index (χ1v) is 6.42. The molecule has 1 rings (SSSR count). The molecule has 0 aromatic carbocycles. The van der Waals surface area contributed by atoms with Crippen LogP contribution < -0.4 is 10.5 Å². The SMILES string of the molecule is NC(=O)CCCNS(=O)(=O)c1ccc(C(=O)O)o1. The molecule has 0 radical (unpaired) electrons. The molecule has 4 N–H and O–H groups in total. The molecule has 18 heavy (non-hydrogen) atoms. The Bertz CT molecular complexity index is 547. The fraction of sp³-hybridized carbons (Fsp3) is 0.333. The van der Waals surface area contributed by atoms with Gasteiger partial charge in [-0.1, -0.05) is 0 Å². The van der Waals surface area contributed by atoms with E-state index in [-0.39, 0.29) is 19.4 Å². The minimum atomic E-state index is -3.90. The first kappa shape index (κ1) is 14.2. The van der Waals surface area contributed by atoms with Crippen molar-refractivity contribution in [3.05, 3.63) is 17.9 Å². The van der Waals surface area contributed by atoms with Crippen molar-refractivity contribution in [1.29, 1.82) is 0 Å². The third-order valence-electron chi connectivity index (χ3n) is 1.95. The number of carboxylic acid groups (broad SMARTS) is 1. The van der Waals surface area contributed by atoms with E-state index in [4.69, 9.17) is 10.8 Å². The number of amides is 1. The van der Waals surface area contributed by atoms with E-state index in [0.29, 0.717) is 0 Å². The summed E-state index contributed by atoms with van der Waals surface area (Å²) >= 11 is 0. The van der Waals surface area contributed by atoms with E-state index < -0.39 is 32.8 Å². The van der Waals surface area contributed by atoms with Crippen LogP contribution in [0.3, 0.4) is 0 Å². The van der Waals surface area contributed by atoms with Crippen LogP contribution in [0.1, 0.15) is 23.4 Å². The van der Waals surface area contributed by atoms with Gasteiger partial charge in [-0.15, -0.1) is 0 Å². The molecule has 0 aliphatic carbocycles. The molecule has 0 fully saturated rings. The van der Waals surface area contributed by atoms with Gasteiger partial charge in [0.1, 0.15) is 0 Å². The molecule has 9 heteroatoms. The molecule has 0 unspecified atom stereocenters. The van der Waals surface area contributed by atoms with Gasteiger partial charge in [0.05, 0.1) is 0 Å². The summed E-state index contributed by atoms with van der Waals surface area (Å²) in [5, 5.41) is 8.09. The van der Waals surface area contributed by atoms with Crippen molar-refractivity contribution < 1.29 is 27.5 Å². The number of hydrogen-bond donors (Lipinski definition) is 3. The van der Waals surface area contributed by atoms with Gasteiger partial charge in [-0.05, 0) is 18.6 Å². The lowest BCUT2D eigenvalue weighted by molar-refractivity contribution is -0.118. The second-order valence-electron chi connectivity index (χ2n) is 3.39. The molecule has 0 bridgehead atoms. The van der Waals surface area contributed by atoms with Crippen molar-refractivity contribution in [1.82, 2.24) is 4.72 Å². The number of carboxylic acids is 1. The highest BCUT2D eigenvalue weighted by Crippen LogP contribution is 2.13. The average Bonchev–Trinajstić information content (AvgIpc) is 2.74. The minimum Gasteiger partial charge on any atom is -0.475 e. The first-order chi connectivity index (χ1) is 8.33. The van der Waals surface area contributed by atoms with Gasteiger partial charge < -0.3 is 15.3 Å². The number of furan rings is 1. The molecular weight excluding hydrogens is 264 g/mol. The quantitative estimate of drug-likeness (QED) is 0.575. The highest BCUT2D eigenvalue weighted by atomic mass is 32.2. The van der Waals surface area contributed by atoms with Gasteiger partial charge >= 0.3 is 5.97 Å². The number of carbonyl (C=O) groups excluding carboxylic acids is 1. The zero-order valence-corrected chi connectivity index (χ0v) is 10.1. The summed E-state index contributed by atoms with van der Waals surface area (Å²) in [5.41, 5.74) is 4.89. The minimum absolute atomic E-state index is 0.00831. The molecular formula is C9H12N2O6S. The smallest absolute Gasteiger partial charge is 0.371 e. The Balaban J connectivity index is 2.62. The third-order valence-corrected chi connectivity index (χ3v) is 3.28. The molecule has 1 heterocycles. The van der Waals surface area contributed by atoms with E-state index in [1.54, 1.807) is 0 Å². The molecule has 1 amide bonds. The topological polar surface area (TPSA) is 140 Å². The summed E-state index contributed by atoms with van der Waals surface area (Å²) in [6.45, 7) is 0.00831. The maximum atomic E-state index is 11.6. The zero-order valence-electron chi connectivity index (χ0n) is 9.25. The average molecular weight is 276 g/mol. The Kier molecular flexibility index (Phi) is 4.45. The summed E-state index contributed by atoms with van der Waals surface area (Å²) in [6, 6.07) is 2.08. The van der Waals surface area contributed by atoms with Gasteiger partial charge in [-0.25, -0.2) is 17.9 Å². The van der Waals surface area contributed by atoms with E-state index in [2.05, 4.69) is 9.14 Å². The summed E-state index contributed by atoms with van der Waals surface area (Å²) in [5.74, 6) is -2.35. The summed E-state index contributed by atoms with van der Waals surface area (Å²) in [6.07, 6.45) is 0.308. The molecule has 100 valence electrons. The van der Waals surface area contributed by atoms with E-state index in [1.165, 1.54) is 0 Å². The van der Waals surface area contributed by atoms with Gasteiger partial charge in [0.2, 0.25) is 16.8 Å². The Morgan fingerprint density at radius 2 is 2.06 bits per heavy atom. The Hall–Kier alpha value is -1.87. The lowest BCUT2D eigenvalue weighted by Gasteiger charge is -2.02. The lowest BCUT2D eigenvalue weighted by Crippen LogP contribution is -2.25. The molecule has 0 aliphatic rings. The predicted molar refractivity (Wildman–Crippen MR) is 59.3 cm³/mol. The first-order valence-electron chi connectivity index (χ1n) is 4.94. The number of aromatic carboxylic acids is 1. The van der Waals surface area contributed by atoms with Crippen molar-refractivity contribution in [2.75, 3.05) is 6.54 Å².